The van der Waals surface area contributed by atoms with Crippen LogP contribution in [0.15, 0.2) is 125 Å². The first-order chi connectivity index (χ1) is 17.1. The van der Waals surface area contributed by atoms with Gasteiger partial charge in [0.15, 0.2) is 0 Å². The van der Waals surface area contributed by atoms with E-state index >= 15 is 0 Å². The highest BCUT2D eigenvalue weighted by Crippen LogP contribution is 2.46. The maximum atomic E-state index is 14.3. The Balaban J connectivity index is 1.79. The minimum absolute atomic E-state index is 0.271. The molecule has 5 aromatic rings. The second kappa shape index (κ2) is 8.64. The lowest BCUT2D eigenvalue weighted by Crippen LogP contribution is -2.14. The number of rotatable bonds is 4. The molecule has 0 saturated heterocycles. The molecule has 0 aliphatic heterocycles. The Kier molecular flexibility index (Phi) is 5.31. The number of hydrogen-bond donors (Lipinski definition) is 0. The number of benzene rings is 4. The van der Waals surface area contributed by atoms with Crippen LogP contribution in [-0.2, 0) is 22.7 Å². The molecule has 170 valence electrons. The molecule has 0 fully saturated rings. The Bertz CT molecular complexity index is 1630. The minimum Gasteiger partial charge on any atom is -0.246 e. The standard InChI is InChI=1S/C31H23NO2S/c33-35(34,25-17-8-3-9-18-25)31-28(23-13-4-1-5-14-23)27-21-20-22-12-10-11-19-26(22)30(27)32-29(31)24-15-6-2-7-16-24/h1-19H,20-21H2. The van der Waals surface area contributed by atoms with E-state index in [-0.39, 0.29) is 9.79 Å². The maximum Gasteiger partial charge on any atom is 0.209 e. The number of nitrogens with zero attached hydrogens (tertiary/aromatic N) is 1. The molecule has 0 saturated carbocycles. The maximum absolute atomic E-state index is 14.3. The monoisotopic (exact) mass is 473 g/mol. The van der Waals surface area contributed by atoms with Crippen molar-refractivity contribution in [1.29, 1.82) is 0 Å². The highest BCUT2D eigenvalue weighted by atomic mass is 32.2. The van der Waals surface area contributed by atoms with Crippen LogP contribution < -0.4 is 0 Å². The molecule has 0 unspecified atom stereocenters. The molecule has 0 bridgehead atoms. The van der Waals surface area contributed by atoms with Crippen LogP contribution in [0.4, 0.5) is 0 Å². The van der Waals surface area contributed by atoms with Gasteiger partial charge in [0.25, 0.3) is 0 Å². The van der Waals surface area contributed by atoms with Crippen molar-refractivity contribution in [3.05, 3.63) is 126 Å². The molecule has 4 heteroatoms. The van der Waals surface area contributed by atoms with E-state index in [0.717, 1.165) is 46.4 Å². The van der Waals surface area contributed by atoms with Crippen molar-refractivity contribution in [3.63, 3.8) is 0 Å². The quantitative estimate of drug-likeness (QED) is 0.282. The summed E-state index contributed by atoms with van der Waals surface area (Å²) in [7, 11) is -3.87. The molecule has 35 heavy (non-hydrogen) atoms. The zero-order valence-electron chi connectivity index (χ0n) is 19.1. The second-order valence-corrected chi connectivity index (χ2v) is 10.6. The smallest absolute Gasteiger partial charge is 0.209 e. The molecule has 1 aromatic heterocycles. The molecule has 1 heterocycles. The molecular formula is C31H23NO2S. The Hall–Kier alpha value is -4.02. The lowest BCUT2D eigenvalue weighted by molar-refractivity contribution is 0.596. The van der Waals surface area contributed by atoms with Crippen LogP contribution in [0.3, 0.4) is 0 Å². The van der Waals surface area contributed by atoms with E-state index in [1.54, 1.807) is 24.3 Å². The van der Waals surface area contributed by atoms with E-state index in [0.29, 0.717) is 5.69 Å². The van der Waals surface area contributed by atoms with Crippen LogP contribution in [0.2, 0.25) is 0 Å². The summed E-state index contributed by atoms with van der Waals surface area (Å²) < 4.78 is 28.6. The molecule has 0 N–H and O–H groups in total. The minimum atomic E-state index is -3.87. The molecule has 1 aliphatic carbocycles. The number of aromatic nitrogens is 1. The van der Waals surface area contributed by atoms with E-state index in [9.17, 15) is 8.42 Å². The van der Waals surface area contributed by atoms with Gasteiger partial charge in [-0.25, -0.2) is 13.4 Å². The molecule has 1 aliphatic rings. The molecule has 0 amide bonds. The van der Waals surface area contributed by atoms with Crippen LogP contribution in [0.1, 0.15) is 11.1 Å². The van der Waals surface area contributed by atoms with Crippen LogP contribution in [0, 0.1) is 0 Å². The number of aryl methyl sites for hydroxylation is 1. The van der Waals surface area contributed by atoms with E-state index in [4.69, 9.17) is 4.98 Å². The van der Waals surface area contributed by atoms with Gasteiger partial charge in [-0.1, -0.05) is 103 Å². The van der Waals surface area contributed by atoms with Crippen molar-refractivity contribution in [1.82, 2.24) is 4.98 Å². The van der Waals surface area contributed by atoms with Gasteiger partial charge in [-0.05, 0) is 41.7 Å². The van der Waals surface area contributed by atoms with Gasteiger partial charge in [0.05, 0.1) is 16.3 Å². The highest BCUT2D eigenvalue weighted by Gasteiger charge is 2.33. The number of sulfone groups is 1. The van der Waals surface area contributed by atoms with Crippen LogP contribution in [0.25, 0.3) is 33.6 Å². The molecule has 4 aromatic carbocycles. The fraction of sp³-hybridized carbons (Fsp3) is 0.0645. The van der Waals surface area contributed by atoms with Gasteiger partial charge in [0.2, 0.25) is 9.84 Å². The zero-order valence-corrected chi connectivity index (χ0v) is 19.9. The summed E-state index contributed by atoms with van der Waals surface area (Å²) in [5.74, 6) is 0. The number of fused-ring (bicyclic) bond motifs is 3. The third-order valence-electron chi connectivity index (χ3n) is 6.60. The summed E-state index contributed by atoms with van der Waals surface area (Å²) in [6.07, 6.45) is 1.58. The van der Waals surface area contributed by atoms with Crippen molar-refractivity contribution < 1.29 is 8.42 Å². The van der Waals surface area contributed by atoms with Crippen molar-refractivity contribution in [2.45, 2.75) is 22.6 Å². The van der Waals surface area contributed by atoms with Gasteiger partial charge in [0.1, 0.15) is 4.90 Å². The normalized spacial score (nSPS) is 12.6. The van der Waals surface area contributed by atoms with E-state index in [2.05, 4.69) is 12.1 Å². The third-order valence-corrected chi connectivity index (χ3v) is 8.43. The Morgan fingerprint density at radius 2 is 1.14 bits per heavy atom. The van der Waals surface area contributed by atoms with E-state index in [1.165, 1.54) is 5.56 Å². The van der Waals surface area contributed by atoms with Gasteiger partial charge in [-0.15, -0.1) is 0 Å². The lowest BCUT2D eigenvalue weighted by Gasteiger charge is -2.26. The van der Waals surface area contributed by atoms with Gasteiger partial charge in [-0.3, -0.25) is 0 Å². The Labute approximate surface area is 205 Å². The number of hydrogen-bond acceptors (Lipinski definition) is 3. The predicted molar refractivity (Wildman–Crippen MR) is 140 cm³/mol. The molecule has 0 spiro atoms. The van der Waals surface area contributed by atoms with Crippen LogP contribution >= 0.6 is 0 Å². The fourth-order valence-electron chi connectivity index (χ4n) is 4.98. The van der Waals surface area contributed by atoms with Crippen LogP contribution in [-0.4, -0.2) is 13.4 Å². The van der Waals surface area contributed by atoms with Crippen molar-refractivity contribution in [2.24, 2.45) is 0 Å². The zero-order chi connectivity index (χ0) is 23.8. The third kappa shape index (κ3) is 3.67. The summed E-state index contributed by atoms with van der Waals surface area (Å²) in [5.41, 5.74) is 7.09. The Morgan fingerprint density at radius 3 is 1.83 bits per heavy atom. The SMILES string of the molecule is O=S(=O)(c1ccccc1)c1c(-c2ccccc2)nc2c(c1-c1ccccc1)CCc1ccccc1-2. The van der Waals surface area contributed by atoms with Gasteiger partial charge in [0, 0.05) is 16.7 Å². The predicted octanol–water partition coefficient (Wildman–Crippen LogP) is 7.01. The lowest BCUT2D eigenvalue weighted by atomic mass is 9.84. The van der Waals surface area contributed by atoms with Gasteiger partial charge in [-0.2, -0.15) is 0 Å². The summed E-state index contributed by atoms with van der Waals surface area (Å²) in [4.78, 5) is 5.67. The van der Waals surface area contributed by atoms with Crippen molar-refractivity contribution >= 4 is 9.84 Å². The van der Waals surface area contributed by atoms with Crippen molar-refractivity contribution in [3.8, 4) is 33.6 Å². The second-order valence-electron chi connectivity index (χ2n) is 8.70. The first-order valence-corrected chi connectivity index (χ1v) is 13.2. The largest absolute Gasteiger partial charge is 0.246 e. The highest BCUT2D eigenvalue weighted by molar-refractivity contribution is 7.91. The Morgan fingerprint density at radius 1 is 0.571 bits per heavy atom. The van der Waals surface area contributed by atoms with E-state index < -0.39 is 9.84 Å². The molecule has 0 radical (unpaired) electrons. The molecule has 3 nitrogen and oxygen atoms in total. The van der Waals surface area contributed by atoms with Gasteiger partial charge >= 0.3 is 0 Å². The molecule has 0 atom stereocenters. The van der Waals surface area contributed by atoms with Crippen molar-refractivity contribution in [2.75, 3.05) is 0 Å². The number of pyridine rings is 1. The fourth-order valence-corrected chi connectivity index (χ4v) is 6.66. The van der Waals surface area contributed by atoms with E-state index in [1.807, 2.05) is 78.9 Å². The summed E-state index contributed by atoms with van der Waals surface area (Å²) in [6, 6.07) is 36.5. The summed E-state index contributed by atoms with van der Waals surface area (Å²) in [6.45, 7) is 0. The average molecular weight is 474 g/mol. The molecule has 6 rings (SSSR count). The summed E-state index contributed by atoms with van der Waals surface area (Å²) in [5, 5.41) is 0. The van der Waals surface area contributed by atoms with Gasteiger partial charge < -0.3 is 0 Å². The van der Waals surface area contributed by atoms with Crippen LogP contribution in [0.5, 0.6) is 0 Å². The first-order valence-electron chi connectivity index (χ1n) is 11.7. The topological polar surface area (TPSA) is 47.0 Å². The molecular weight excluding hydrogens is 450 g/mol. The summed E-state index contributed by atoms with van der Waals surface area (Å²) >= 11 is 0. The first kappa shape index (κ1) is 21.5. The average Bonchev–Trinajstić information content (AvgIpc) is 2.93.